The predicted octanol–water partition coefficient (Wildman–Crippen LogP) is 4.84. The van der Waals surface area contributed by atoms with Crippen LogP contribution in [0.4, 0.5) is 0 Å². The van der Waals surface area contributed by atoms with E-state index < -0.39 is 29.8 Å². The molecule has 9 nitrogen and oxygen atoms in total. The molecule has 0 amide bonds. The summed E-state index contributed by atoms with van der Waals surface area (Å²) in [5.74, 6) is -3.30. The summed E-state index contributed by atoms with van der Waals surface area (Å²) >= 11 is 0. The van der Waals surface area contributed by atoms with Crippen LogP contribution in [0.5, 0.6) is 0 Å². The first-order valence-electron chi connectivity index (χ1n) is 14.5. The molecular weight excluding hydrogens is 550 g/mol. The highest BCUT2D eigenvalue weighted by Crippen LogP contribution is 2.21. The van der Waals surface area contributed by atoms with Gasteiger partial charge >= 0.3 is 23.9 Å². The van der Waals surface area contributed by atoms with Crippen molar-refractivity contribution < 1.29 is 38.1 Å². The molecule has 0 radical (unpaired) electrons. The fourth-order valence-corrected chi connectivity index (χ4v) is 4.35. The van der Waals surface area contributed by atoms with Crippen LogP contribution in [-0.4, -0.2) is 74.8 Å². The lowest BCUT2D eigenvalue weighted by molar-refractivity contribution is -0.151. The van der Waals surface area contributed by atoms with Crippen molar-refractivity contribution in [2.75, 3.05) is 46.1 Å². The minimum atomic E-state index is -0.571. The first kappa shape index (κ1) is 35.0. The highest BCUT2D eigenvalue weighted by atomic mass is 16.6. The van der Waals surface area contributed by atoms with E-state index in [9.17, 15) is 19.2 Å². The molecule has 0 aliphatic rings. The van der Waals surface area contributed by atoms with Gasteiger partial charge in [0.1, 0.15) is 26.4 Å². The van der Waals surface area contributed by atoms with Crippen molar-refractivity contribution >= 4 is 23.9 Å². The van der Waals surface area contributed by atoms with Gasteiger partial charge in [-0.2, -0.15) is 0 Å². The molecule has 9 heteroatoms. The van der Waals surface area contributed by atoms with Gasteiger partial charge in [0.2, 0.25) is 0 Å². The number of benzene rings is 2. The standard InChI is InChI=1S/C34H43NO8/c1-5-31(36)40-22-29(26-15-11-9-12-16-26)24-42-33(38)20-19-28(21-35(7-3)8-4)34(39)43-25-30(23-41-32(37)6-2)27-17-13-10-14-18-27/h5-6,9-18,28-30H,1-2,7-8,19-25H2,3-4H3. The maximum absolute atomic E-state index is 13.3. The van der Waals surface area contributed by atoms with Crippen LogP contribution >= 0.6 is 0 Å². The van der Waals surface area contributed by atoms with Crippen LogP contribution in [0.2, 0.25) is 0 Å². The second kappa shape index (κ2) is 19.8. The van der Waals surface area contributed by atoms with E-state index in [0.717, 1.165) is 36.4 Å². The van der Waals surface area contributed by atoms with Crippen molar-refractivity contribution in [2.45, 2.75) is 38.5 Å². The Morgan fingerprint density at radius 3 is 1.58 bits per heavy atom. The Morgan fingerprint density at radius 2 is 1.14 bits per heavy atom. The molecule has 0 saturated heterocycles. The number of esters is 4. The van der Waals surface area contributed by atoms with Crippen LogP contribution in [-0.2, 0) is 38.1 Å². The maximum Gasteiger partial charge on any atom is 0.330 e. The van der Waals surface area contributed by atoms with Gasteiger partial charge in [-0.3, -0.25) is 9.59 Å². The number of hydrogen-bond acceptors (Lipinski definition) is 9. The second-order valence-electron chi connectivity index (χ2n) is 9.92. The van der Waals surface area contributed by atoms with Crippen molar-refractivity contribution in [1.82, 2.24) is 4.90 Å². The van der Waals surface area contributed by atoms with Gasteiger partial charge in [-0.1, -0.05) is 87.7 Å². The minimum absolute atomic E-state index is 0.00799. The van der Waals surface area contributed by atoms with Gasteiger partial charge < -0.3 is 23.8 Å². The molecule has 43 heavy (non-hydrogen) atoms. The zero-order chi connectivity index (χ0) is 31.5. The van der Waals surface area contributed by atoms with E-state index in [-0.39, 0.29) is 51.1 Å². The summed E-state index contributed by atoms with van der Waals surface area (Å²) in [5.41, 5.74) is 1.73. The lowest BCUT2D eigenvalue weighted by atomic mass is 10.00. The Hall–Kier alpha value is -4.24. The molecule has 2 aromatic rings. The maximum atomic E-state index is 13.3. The second-order valence-corrected chi connectivity index (χ2v) is 9.92. The third-order valence-corrected chi connectivity index (χ3v) is 7.00. The van der Waals surface area contributed by atoms with E-state index in [1.807, 2.05) is 74.5 Å². The Labute approximate surface area is 254 Å². The summed E-state index contributed by atoms with van der Waals surface area (Å²) in [6, 6.07) is 18.7. The molecule has 0 aliphatic carbocycles. The van der Waals surface area contributed by atoms with Crippen LogP contribution in [0.3, 0.4) is 0 Å². The van der Waals surface area contributed by atoms with Crippen molar-refractivity contribution in [3.05, 3.63) is 97.1 Å². The summed E-state index contributed by atoms with van der Waals surface area (Å²) in [5, 5.41) is 0. The Morgan fingerprint density at radius 1 is 0.698 bits per heavy atom. The molecule has 2 aromatic carbocycles. The molecule has 0 N–H and O–H groups in total. The van der Waals surface area contributed by atoms with E-state index in [2.05, 4.69) is 18.1 Å². The fraction of sp³-hybridized carbons (Fsp3) is 0.412. The lowest BCUT2D eigenvalue weighted by Crippen LogP contribution is -2.35. The lowest BCUT2D eigenvalue weighted by Gasteiger charge is -2.25. The van der Waals surface area contributed by atoms with Crippen molar-refractivity contribution in [2.24, 2.45) is 5.92 Å². The van der Waals surface area contributed by atoms with Crippen molar-refractivity contribution in [3.8, 4) is 0 Å². The fourth-order valence-electron chi connectivity index (χ4n) is 4.35. The van der Waals surface area contributed by atoms with E-state index in [1.165, 1.54) is 0 Å². The van der Waals surface area contributed by atoms with E-state index in [1.54, 1.807) is 0 Å². The number of hydrogen-bond donors (Lipinski definition) is 0. The zero-order valence-corrected chi connectivity index (χ0v) is 25.2. The third-order valence-electron chi connectivity index (χ3n) is 7.00. The molecule has 0 saturated carbocycles. The molecule has 3 unspecified atom stereocenters. The Balaban J connectivity index is 2.03. The van der Waals surface area contributed by atoms with Crippen molar-refractivity contribution in [3.63, 3.8) is 0 Å². The van der Waals surface area contributed by atoms with Gasteiger partial charge in [-0.05, 0) is 30.6 Å². The number of carbonyl (C=O) groups excluding carboxylic acids is 4. The van der Waals surface area contributed by atoms with Gasteiger partial charge in [-0.25, -0.2) is 9.59 Å². The molecule has 0 heterocycles. The molecule has 232 valence electrons. The van der Waals surface area contributed by atoms with Crippen LogP contribution in [0.15, 0.2) is 86.0 Å². The predicted molar refractivity (Wildman–Crippen MR) is 163 cm³/mol. The van der Waals surface area contributed by atoms with Crippen LogP contribution in [0.25, 0.3) is 0 Å². The van der Waals surface area contributed by atoms with Crippen LogP contribution in [0.1, 0.15) is 49.7 Å². The smallest absolute Gasteiger partial charge is 0.330 e. The van der Waals surface area contributed by atoms with Crippen molar-refractivity contribution in [1.29, 1.82) is 0 Å². The summed E-state index contributed by atoms with van der Waals surface area (Å²) in [6.07, 6.45) is 2.41. The molecule has 3 atom stereocenters. The summed E-state index contributed by atoms with van der Waals surface area (Å²) in [7, 11) is 0. The molecule has 0 bridgehead atoms. The van der Waals surface area contributed by atoms with E-state index in [0.29, 0.717) is 6.54 Å². The normalized spacial score (nSPS) is 12.8. The summed E-state index contributed by atoms with van der Waals surface area (Å²) in [4.78, 5) is 51.4. The molecule has 0 aromatic heterocycles. The average Bonchev–Trinajstić information content (AvgIpc) is 3.05. The largest absolute Gasteiger partial charge is 0.465 e. The summed E-state index contributed by atoms with van der Waals surface area (Å²) < 4.78 is 21.7. The number of carbonyl (C=O) groups is 4. The van der Waals surface area contributed by atoms with Gasteiger partial charge in [0.05, 0.1) is 17.8 Å². The summed E-state index contributed by atoms with van der Waals surface area (Å²) in [6.45, 7) is 12.8. The highest BCUT2D eigenvalue weighted by molar-refractivity contribution is 5.81. The number of ether oxygens (including phenoxy) is 4. The quantitative estimate of drug-likeness (QED) is 0.121. The van der Waals surface area contributed by atoms with Crippen LogP contribution in [0, 0.1) is 5.92 Å². The molecule has 0 aliphatic heterocycles. The monoisotopic (exact) mass is 593 g/mol. The first-order valence-corrected chi connectivity index (χ1v) is 14.5. The SMILES string of the molecule is C=CC(=O)OCC(COC(=O)CCC(CN(CC)CC)C(=O)OCC(COC(=O)C=C)c1ccccc1)c1ccccc1. The third kappa shape index (κ3) is 13.1. The number of nitrogens with zero attached hydrogens (tertiary/aromatic N) is 1. The Kier molecular flexibility index (Phi) is 16.1. The van der Waals surface area contributed by atoms with Gasteiger partial charge in [0.25, 0.3) is 0 Å². The highest BCUT2D eigenvalue weighted by Gasteiger charge is 2.26. The van der Waals surface area contributed by atoms with E-state index >= 15 is 0 Å². The molecular formula is C34H43NO8. The zero-order valence-electron chi connectivity index (χ0n) is 25.2. The minimum Gasteiger partial charge on any atom is -0.465 e. The molecule has 2 rings (SSSR count). The number of rotatable bonds is 20. The molecule has 0 spiro atoms. The van der Waals surface area contributed by atoms with Gasteiger partial charge in [-0.15, -0.1) is 0 Å². The topological polar surface area (TPSA) is 108 Å². The van der Waals surface area contributed by atoms with E-state index in [4.69, 9.17) is 18.9 Å². The molecule has 0 fully saturated rings. The van der Waals surface area contributed by atoms with Gasteiger partial charge in [0.15, 0.2) is 0 Å². The first-order chi connectivity index (χ1) is 20.8. The average molecular weight is 594 g/mol. The Bertz CT molecular complexity index is 1160. The van der Waals surface area contributed by atoms with Crippen LogP contribution < -0.4 is 0 Å². The van der Waals surface area contributed by atoms with Gasteiger partial charge in [0, 0.05) is 25.1 Å².